The van der Waals surface area contributed by atoms with E-state index in [1.165, 1.54) is 17.4 Å². The SMILES string of the molecule is C[C@H]1CC[C@H](n2cnc3c(-c4ccccc4F)csc3c2=O)CC1. The van der Waals surface area contributed by atoms with Gasteiger partial charge >= 0.3 is 0 Å². The molecule has 5 heteroatoms. The molecule has 1 aliphatic carbocycles. The van der Waals surface area contributed by atoms with Crippen molar-refractivity contribution in [1.29, 1.82) is 0 Å². The molecule has 0 aliphatic heterocycles. The summed E-state index contributed by atoms with van der Waals surface area (Å²) in [5.74, 6) is 0.451. The second kappa shape index (κ2) is 6.13. The molecule has 2 heterocycles. The number of fused-ring (bicyclic) bond motifs is 1. The summed E-state index contributed by atoms with van der Waals surface area (Å²) in [6.45, 7) is 2.26. The van der Waals surface area contributed by atoms with Crippen molar-refractivity contribution in [2.45, 2.75) is 38.6 Å². The summed E-state index contributed by atoms with van der Waals surface area (Å²) < 4.78 is 16.5. The lowest BCUT2D eigenvalue weighted by molar-refractivity contribution is 0.284. The van der Waals surface area contributed by atoms with Gasteiger partial charge in [-0.3, -0.25) is 9.36 Å². The highest BCUT2D eigenvalue weighted by Gasteiger charge is 2.22. The molecule has 0 N–H and O–H groups in total. The molecule has 24 heavy (non-hydrogen) atoms. The molecule has 0 unspecified atom stereocenters. The van der Waals surface area contributed by atoms with Crippen LogP contribution >= 0.6 is 11.3 Å². The molecule has 0 atom stereocenters. The normalized spacial score (nSPS) is 21.2. The van der Waals surface area contributed by atoms with E-state index in [-0.39, 0.29) is 17.4 Å². The lowest BCUT2D eigenvalue weighted by Gasteiger charge is -2.27. The van der Waals surface area contributed by atoms with Gasteiger partial charge < -0.3 is 0 Å². The van der Waals surface area contributed by atoms with Crippen LogP contribution in [0.4, 0.5) is 4.39 Å². The Bertz CT molecular complexity index is 938. The van der Waals surface area contributed by atoms with E-state index >= 15 is 0 Å². The van der Waals surface area contributed by atoms with E-state index in [1.807, 2.05) is 5.38 Å². The predicted molar refractivity (Wildman–Crippen MR) is 95.9 cm³/mol. The summed E-state index contributed by atoms with van der Waals surface area (Å²) in [5.41, 5.74) is 1.82. The first-order valence-electron chi connectivity index (χ1n) is 8.38. The first-order chi connectivity index (χ1) is 11.6. The van der Waals surface area contributed by atoms with E-state index in [2.05, 4.69) is 11.9 Å². The highest BCUT2D eigenvalue weighted by Crippen LogP contribution is 2.34. The topological polar surface area (TPSA) is 34.9 Å². The monoisotopic (exact) mass is 342 g/mol. The highest BCUT2D eigenvalue weighted by atomic mass is 32.1. The smallest absolute Gasteiger partial charge is 0.271 e. The van der Waals surface area contributed by atoms with Crippen LogP contribution in [0.15, 0.2) is 40.8 Å². The maximum Gasteiger partial charge on any atom is 0.271 e. The van der Waals surface area contributed by atoms with E-state index in [0.29, 0.717) is 21.3 Å². The minimum Gasteiger partial charge on any atom is -0.295 e. The van der Waals surface area contributed by atoms with E-state index < -0.39 is 0 Å². The zero-order valence-electron chi connectivity index (χ0n) is 13.5. The minimum atomic E-state index is -0.288. The van der Waals surface area contributed by atoms with Crippen molar-refractivity contribution in [3.05, 3.63) is 52.1 Å². The Morgan fingerprint density at radius 1 is 1.17 bits per heavy atom. The van der Waals surface area contributed by atoms with Crippen LogP contribution in [0.2, 0.25) is 0 Å². The van der Waals surface area contributed by atoms with Gasteiger partial charge in [-0.2, -0.15) is 0 Å². The van der Waals surface area contributed by atoms with E-state index in [1.54, 1.807) is 29.1 Å². The van der Waals surface area contributed by atoms with Crippen LogP contribution in [-0.2, 0) is 0 Å². The Morgan fingerprint density at radius 2 is 1.92 bits per heavy atom. The Hall–Kier alpha value is -2.01. The third-order valence-corrected chi connectivity index (χ3v) is 6.00. The molecular weight excluding hydrogens is 323 g/mol. The summed E-state index contributed by atoms with van der Waals surface area (Å²) in [6, 6.07) is 6.87. The Labute approximate surface area is 143 Å². The molecule has 0 radical (unpaired) electrons. The number of halogens is 1. The van der Waals surface area contributed by atoms with E-state index in [9.17, 15) is 9.18 Å². The van der Waals surface area contributed by atoms with Crippen molar-refractivity contribution in [3.8, 4) is 11.1 Å². The molecule has 4 rings (SSSR count). The maximum atomic E-state index is 14.1. The van der Waals surface area contributed by atoms with Crippen LogP contribution in [0, 0.1) is 11.7 Å². The molecule has 1 aromatic carbocycles. The molecule has 3 aromatic rings. The van der Waals surface area contributed by atoms with Gasteiger partial charge in [0.25, 0.3) is 5.56 Å². The Kier molecular flexibility index (Phi) is 3.96. The van der Waals surface area contributed by atoms with Crippen molar-refractivity contribution < 1.29 is 4.39 Å². The van der Waals surface area contributed by atoms with Crippen molar-refractivity contribution >= 4 is 21.6 Å². The van der Waals surface area contributed by atoms with Gasteiger partial charge in [-0.25, -0.2) is 9.37 Å². The van der Waals surface area contributed by atoms with Crippen molar-refractivity contribution in [2.75, 3.05) is 0 Å². The molecule has 1 saturated carbocycles. The van der Waals surface area contributed by atoms with E-state index in [4.69, 9.17) is 0 Å². The van der Waals surface area contributed by atoms with Gasteiger partial charge in [0.05, 0.1) is 11.8 Å². The second-order valence-electron chi connectivity index (χ2n) is 6.68. The standard InChI is InChI=1S/C19H19FN2OS/c1-12-6-8-13(9-7-12)22-11-21-17-15(10-24-18(17)19(22)23)14-4-2-3-5-16(14)20/h2-5,10-13H,6-9H2,1H3/t12-,13-. The third kappa shape index (κ3) is 2.57. The molecule has 2 aromatic heterocycles. The van der Waals surface area contributed by atoms with Crippen LogP contribution in [0.1, 0.15) is 38.6 Å². The fourth-order valence-corrected chi connectivity index (χ4v) is 4.53. The van der Waals surface area contributed by atoms with Gasteiger partial charge in [-0.1, -0.05) is 25.1 Å². The quantitative estimate of drug-likeness (QED) is 0.656. The predicted octanol–water partition coefficient (Wildman–Crippen LogP) is 5.02. The number of aromatic nitrogens is 2. The summed E-state index contributed by atoms with van der Waals surface area (Å²) in [7, 11) is 0. The van der Waals surface area contributed by atoms with Crippen LogP contribution in [-0.4, -0.2) is 9.55 Å². The van der Waals surface area contributed by atoms with Crippen LogP contribution in [0.3, 0.4) is 0 Å². The fourth-order valence-electron chi connectivity index (χ4n) is 3.57. The van der Waals surface area contributed by atoms with Gasteiger partial charge in [0.15, 0.2) is 0 Å². The molecule has 1 fully saturated rings. The van der Waals surface area contributed by atoms with Crippen LogP contribution < -0.4 is 5.56 Å². The molecule has 0 saturated heterocycles. The van der Waals surface area contributed by atoms with Gasteiger partial charge in [0.1, 0.15) is 10.5 Å². The van der Waals surface area contributed by atoms with Gasteiger partial charge in [0, 0.05) is 22.5 Å². The average molecular weight is 342 g/mol. The number of benzene rings is 1. The summed E-state index contributed by atoms with van der Waals surface area (Å²) in [4.78, 5) is 17.4. The minimum absolute atomic E-state index is 0.00661. The fraction of sp³-hybridized carbons (Fsp3) is 0.368. The first-order valence-corrected chi connectivity index (χ1v) is 9.26. The second-order valence-corrected chi connectivity index (χ2v) is 7.56. The van der Waals surface area contributed by atoms with Gasteiger partial charge in [-0.05, 0) is 37.7 Å². The lowest BCUT2D eigenvalue weighted by Crippen LogP contribution is -2.27. The summed E-state index contributed by atoms with van der Waals surface area (Å²) in [5, 5.41) is 1.84. The highest BCUT2D eigenvalue weighted by molar-refractivity contribution is 7.17. The van der Waals surface area contributed by atoms with E-state index in [0.717, 1.165) is 31.6 Å². The molecule has 1 aliphatic rings. The number of hydrogen-bond acceptors (Lipinski definition) is 3. The van der Waals surface area contributed by atoms with Gasteiger partial charge in [0.2, 0.25) is 0 Å². The number of thiophene rings is 1. The third-order valence-electron chi connectivity index (χ3n) is 5.05. The lowest BCUT2D eigenvalue weighted by atomic mass is 9.87. The van der Waals surface area contributed by atoms with Gasteiger partial charge in [-0.15, -0.1) is 11.3 Å². The summed E-state index contributed by atoms with van der Waals surface area (Å²) in [6.07, 6.45) is 6.02. The zero-order chi connectivity index (χ0) is 16.7. The van der Waals surface area contributed by atoms with Crippen molar-refractivity contribution in [3.63, 3.8) is 0 Å². The molecule has 0 amide bonds. The van der Waals surface area contributed by atoms with Crippen LogP contribution in [0.5, 0.6) is 0 Å². The molecule has 3 nitrogen and oxygen atoms in total. The number of rotatable bonds is 2. The van der Waals surface area contributed by atoms with Crippen LogP contribution in [0.25, 0.3) is 21.3 Å². The number of hydrogen-bond donors (Lipinski definition) is 0. The molecule has 0 spiro atoms. The molecule has 124 valence electrons. The molecular formula is C19H19FN2OS. The first kappa shape index (κ1) is 15.5. The summed E-state index contributed by atoms with van der Waals surface area (Å²) >= 11 is 1.36. The average Bonchev–Trinajstić information content (AvgIpc) is 3.01. The number of nitrogens with zero attached hydrogens (tertiary/aromatic N) is 2. The van der Waals surface area contributed by atoms with Crippen molar-refractivity contribution in [1.82, 2.24) is 9.55 Å². The Balaban J connectivity index is 1.79. The largest absolute Gasteiger partial charge is 0.295 e. The van der Waals surface area contributed by atoms with Crippen molar-refractivity contribution in [2.24, 2.45) is 5.92 Å². The maximum absolute atomic E-state index is 14.1. The Morgan fingerprint density at radius 3 is 2.67 bits per heavy atom. The molecule has 0 bridgehead atoms. The zero-order valence-corrected chi connectivity index (χ0v) is 14.4.